The van der Waals surface area contributed by atoms with Gasteiger partial charge in [-0.2, -0.15) is 0 Å². The maximum Gasteiger partial charge on any atom is 0.263 e. The Morgan fingerprint density at radius 1 is 1.06 bits per heavy atom. The fraction of sp³-hybridized carbons (Fsp3) is 0.615. The number of benzene rings is 2. The van der Waals surface area contributed by atoms with Crippen LogP contribution in [0.15, 0.2) is 48.6 Å². The third-order valence-electron chi connectivity index (χ3n) is 10.6. The molecule has 2 fully saturated rings. The second-order valence-electron chi connectivity index (χ2n) is 13.8. The Labute approximate surface area is 296 Å². The first-order valence-electron chi connectivity index (χ1n) is 17.9. The number of aliphatic hydroxyl groups excluding tert-OH is 1. The molecule has 2 bridgehead atoms. The molecule has 6 rings (SSSR count). The highest BCUT2D eigenvalue weighted by molar-refractivity contribution is 7.84. The Hall–Kier alpha value is -2.39. The zero-order chi connectivity index (χ0) is 34.8. The van der Waals surface area contributed by atoms with Crippen LogP contribution in [-0.2, 0) is 22.1 Å². The normalized spacial score (nSPS) is 29.2. The third kappa shape index (κ3) is 9.86. The number of aliphatic hydroxyl groups is 1. The predicted molar refractivity (Wildman–Crippen MR) is 198 cm³/mol. The van der Waals surface area contributed by atoms with Gasteiger partial charge in [-0.3, -0.25) is 9.52 Å². The van der Waals surface area contributed by atoms with Gasteiger partial charge in [0.25, 0.3) is 5.91 Å². The second kappa shape index (κ2) is 18.6. The second-order valence-corrected chi connectivity index (χ2v) is 15.8. The van der Waals surface area contributed by atoms with E-state index in [9.17, 15) is 9.00 Å². The number of nitrogens with one attached hydrogen (secondary N) is 1. The summed E-state index contributed by atoms with van der Waals surface area (Å²) < 4.78 is 28.3. The number of fused-ring (bicyclic) bond motifs is 2. The van der Waals surface area contributed by atoms with Crippen molar-refractivity contribution in [2.24, 2.45) is 23.7 Å². The minimum atomic E-state index is -1.50. The number of amides is 1. The number of hydrogen-bond donors (Lipinski definition) is 2. The van der Waals surface area contributed by atoms with Gasteiger partial charge >= 0.3 is 0 Å². The molecule has 0 radical (unpaired) electrons. The topological polar surface area (TPSA) is 88.1 Å². The lowest BCUT2D eigenvalue weighted by Crippen LogP contribution is -2.44. The molecular weight excluding hydrogens is 644 g/mol. The van der Waals surface area contributed by atoms with Crippen molar-refractivity contribution in [2.75, 3.05) is 38.8 Å². The van der Waals surface area contributed by atoms with Gasteiger partial charge in [0.2, 0.25) is 0 Å². The lowest BCUT2D eigenvalue weighted by atomic mass is 9.70. The molecular formula is C39H57ClN2O5S. The van der Waals surface area contributed by atoms with Crippen LogP contribution >= 0.6 is 11.6 Å². The summed E-state index contributed by atoms with van der Waals surface area (Å²) in [4.78, 5) is 15.7. The number of ether oxygens (including phenoxy) is 2. The van der Waals surface area contributed by atoms with Crippen molar-refractivity contribution in [3.05, 3.63) is 70.3 Å². The Balaban J connectivity index is 0.000000670. The molecule has 4 aliphatic rings. The molecule has 0 spiro atoms. The predicted octanol–water partition coefficient (Wildman–Crippen LogP) is 8.11. The number of methoxy groups -OCH3 is 1. The average molecular weight is 701 g/mol. The van der Waals surface area contributed by atoms with E-state index in [2.05, 4.69) is 54.7 Å². The lowest BCUT2D eigenvalue weighted by molar-refractivity contribution is 0.0134. The molecule has 48 heavy (non-hydrogen) atoms. The molecule has 2 aromatic rings. The molecule has 2 aliphatic heterocycles. The van der Waals surface area contributed by atoms with E-state index in [1.165, 1.54) is 30.4 Å². The fourth-order valence-electron chi connectivity index (χ4n) is 6.99. The summed E-state index contributed by atoms with van der Waals surface area (Å²) in [6.45, 7) is 10.6. The van der Waals surface area contributed by atoms with Gasteiger partial charge in [-0.15, -0.1) is 0 Å². The van der Waals surface area contributed by atoms with Crippen LogP contribution in [0.2, 0.25) is 5.02 Å². The number of aryl methyl sites for hydroxylation is 1. The van der Waals surface area contributed by atoms with E-state index in [1.54, 1.807) is 13.2 Å². The summed E-state index contributed by atoms with van der Waals surface area (Å²) in [5.74, 6) is 2.77. The van der Waals surface area contributed by atoms with Crippen molar-refractivity contribution in [1.29, 1.82) is 0 Å². The van der Waals surface area contributed by atoms with E-state index in [0.717, 1.165) is 74.7 Å². The number of carbonyl (C=O) groups excluding carboxylic acids is 1. The number of hydrogen-bond acceptors (Lipinski definition) is 6. The van der Waals surface area contributed by atoms with Crippen LogP contribution in [0.4, 0.5) is 5.69 Å². The Kier molecular flexibility index (Phi) is 14.9. The van der Waals surface area contributed by atoms with Crippen molar-refractivity contribution in [3.63, 3.8) is 0 Å². The lowest BCUT2D eigenvalue weighted by Gasteiger charge is -2.43. The summed E-state index contributed by atoms with van der Waals surface area (Å²) >= 11 is 6.40. The largest absolute Gasteiger partial charge is 0.491 e. The number of halogens is 1. The van der Waals surface area contributed by atoms with Crippen LogP contribution in [0.25, 0.3) is 0 Å². The van der Waals surface area contributed by atoms with E-state index in [4.69, 9.17) is 26.2 Å². The highest BCUT2D eigenvalue weighted by Gasteiger charge is 2.39. The van der Waals surface area contributed by atoms with E-state index >= 15 is 0 Å². The SMILES string of the molecule is CCC1CC1.CCCc1cc(Cl)ccc1C1COc2ccc3cc2N(C1)CC1CCC1C(OC)/C=C/CC(C)C(C)S(=O)NC3=O.CO. The fourth-order valence-corrected chi connectivity index (χ4v) is 8.20. The van der Waals surface area contributed by atoms with Crippen LogP contribution in [-0.4, -0.2) is 60.5 Å². The first kappa shape index (κ1) is 38.4. The minimum Gasteiger partial charge on any atom is -0.491 e. The minimum absolute atomic E-state index is 0.0478. The highest BCUT2D eigenvalue weighted by Crippen LogP contribution is 2.43. The van der Waals surface area contributed by atoms with E-state index in [0.29, 0.717) is 24.0 Å². The van der Waals surface area contributed by atoms with Crippen molar-refractivity contribution in [2.45, 2.75) is 96.3 Å². The van der Waals surface area contributed by atoms with E-state index in [1.807, 2.05) is 25.1 Å². The van der Waals surface area contributed by atoms with E-state index in [-0.39, 0.29) is 29.1 Å². The van der Waals surface area contributed by atoms with Crippen molar-refractivity contribution in [1.82, 2.24) is 4.72 Å². The van der Waals surface area contributed by atoms with Crippen molar-refractivity contribution >= 4 is 34.2 Å². The van der Waals surface area contributed by atoms with Crippen LogP contribution < -0.4 is 14.4 Å². The van der Waals surface area contributed by atoms with Crippen LogP contribution in [0, 0.1) is 23.7 Å². The van der Waals surface area contributed by atoms with Crippen LogP contribution in [0.3, 0.4) is 0 Å². The molecule has 0 saturated heterocycles. The van der Waals surface area contributed by atoms with Gasteiger partial charge in [0.1, 0.15) is 16.7 Å². The van der Waals surface area contributed by atoms with Crippen molar-refractivity contribution < 1.29 is 23.6 Å². The summed E-state index contributed by atoms with van der Waals surface area (Å²) in [6, 6.07) is 11.8. The number of carbonyl (C=O) groups is 1. The van der Waals surface area contributed by atoms with Gasteiger partial charge in [0, 0.05) is 43.8 Å². The molecule has 2 N–H and O–H groups in total. The van der Waals surface area contributed by atoms with Gasteiger partial charge < -0.3 is 19.5 Å². The molecule has 0 aromatic heterocycles. The van der Waals surface area contributed by atoms with Gasteiger partial charge in [-0.25, -0.2) is 4.21 Å². The number of nitrogens with zero attached hydrogens (tertiary/aromatic N) is 1. The monoisotopic (exact) mass is 700 g/mol. The Morgan fingerprint density at radius 3 is 2.46 bits per heavy atom. The van der Waals surface area contributed by atoms with Crippen molar-refractivity contribution in [3.8, 4) is 5.75 Å². The quantitative estimate of drug-likeness (QED) is 0.307. The Morgan fingerprint density at radius 2 is 1.83 bits per heavy atom. The zero-order valence-corrected chi connectivity index (χ0v) is 31.3. The number of rotatable bonds is 5. The zero-order valence-electron chi connectivity index (χ0n) is 29.8. The molecule has 266 valence electrons. The van der Waals surface area contributed by atoms with Gasteiger partial charge in [-0.1, -0.05) is 76.3 Å². The molecule has 2 heterocycles. The summed E-state index contributed by atoms with van der Waals surface area (Å²) in [5, 5.41) is 7.57. The molecule has 7 unspecified atom stereocenters. The summed E-state index contributed by atoms with van der Waals surface area (Å²) in [6.07, 6.45) is 13.9. The Bertz CT molecular complexity index is 1400. The maximum atomic E-state index is 13.3. The van der Waals surface area contributed by atoms with E-state index < -0.39 is 11.0 Å². The molecule has 9 heteroatoms. The molecule has 7 nitrogen and oxygen atoms in total. The summed E-state index contributed by atoms with van der Waals surface area (Å²) in [5.41, 5.74) is 3.95. The third-order valence-corrected chi connectivity index (χ3v) is 12.3. The molecule has 2 saturated carbocycles. The number of anilines is 1. The van der Waals surface area contributed by atoms with Crippen LogP contribution in [0.5, 0.6) is 5.75 Å². The molecule has 2 aromatic carbocycles. The molecule has 7 atom stereocenters. The first-order chi connectivity index (χ1) is 23.2. The van der Waals surface area contributed by atoms with Gasteiger partial charge in [-0.05, 0) is 97.7 Å². The highest BCUT2D eigenvalue weighted by atomic mass is 35.5. The number of allylic oxidation sites excluding steroid dienone is 1. The molecule has 1 amide bonds. The maximum absolute atomic E-state index is 13.3. The smallest absolute Gasteiger partial charge is 0.263 e. The molecule has 2 aliphatic carbocycles. The first-order valence-corrected chi connectivity index (χ1v) is 19.5. The van der Waals surface area contributed by atoms with Crippen LogP contribution in [0.1, 0.15) is 100 Å². The van der Waals surface area contributed by atoms with Gasteiger partial charge in [0.05, 0.1) is 23.6 Å². The standard InChI is InChI=1S/C33H43ClN2O4S.C5H10.CH4O/c1-5-7-23-16-27(34)12-14-28(23)26-19-36-18-25-10-13-29(25)31(39-4)9-6-8-21(2)22(3)41(38)35-33(37)24-11-15-32(40-20-26)30(36)17-24;1-2-5-3-4-5;1-2/h6,9,11-12,14-17,21-22,25-26,29,31H,5,7-8,10,13,18-20H2,1-4H3,(H,35,37);5H,2-4H2,1H3;2H,1H3/b9-6+;;. The summed E-state index contributed by atoms with van der Waals surface area (Å²) in [7, 11) is 1.30. The van der Waals surface area contributed by atoms with Gasteiger partial charge in [0.15, 0.2) is 0 Å². The average Bonchev–Trinajstić information content (AvgIpc) is 3.94.